The van der Waals surface area contributed by atoms with E-state index >= 15 is 0 Å². The fourth-order valence-electron chi connectivity index (χ4n) is 0.549. The van der Waals surface area contributed by atoms with Gasteiger partial charge in [0, 0.05) is 0 Å². The molecule has 3 nitrogen and oxygen atoms in total. The number of carbonyl (C=O) groups is 1. The van der Waals surface area contributed by atoms with Crippen LogP contribution in [0.25, 0.3) is 0 Å². The van der Waals surface area contributed by atoms with Crippen molar-refractivity contribution >= 4 is 5.97 Å². The van der Waals surface area contributed by atoms with Crippen LogP contribution in [0.15, 0.2) is 35.5 Å². The Bertz CT molecular complexity index is 316. The van der Waals surface area contributed by atoms with Gasteiger partial charge >= 0.3 is 5.97 Å². The first-order chi connectivity index (χ1) is 6.11. The summed E-state index contributed by atoms with van der Waals surface area (Å²) in [6.45, 7) is 3.77. The summed E-state index contributed by atoms with van der Waals surface area (Å²) in [4.78, 5) is 10.3. The molecule has 0 aliphatic heterocycles. The molecule has 0 heterocycles. The molecule has 0 saturated carbocycles. The highest BCUT2D eigenvalue weighted by molar-refractivity contribution is 5.91. The lowest BCUT2D eigenvalue weighted by atomic mass is 10.2. The van der Waals surface area contributed by atoms with Crippen LogP contribution < -0.4 is 0 Å². The molecule has 0 saturated heterocycles. The highest BCUT2D eigenvalue weighted by Crippen LogP contribution is 1.97. The normalized spacial score (nSPS) is 13.0. The molecule has 0 fully saturated rings. The molecule has 0 atom stereocenters. The number of aliphatic carboxylic acids is 1. The average Bonchev–Trinajstić information content (AvgIpc) is 2.11. The number of hydrogen-bond acceptors (Lipinski definition) is 2. The van der Waals surface area contributed by atoms with Crippen molar-refractivity contribution in [2.24, 2.45) is 0 Å². The summed E-state index contributed by atoms with van der Waals surface area (Å²) in [7, 11) is 0. The molecule has 0 radical (unpaired) electrons. The molecule has 0 aromatic rings. The van der Waals surface area contributed by atoms with Crippen molar-refractivity contribution < 1.29 is 9.90 Å². The first kappa shape index (κ1) is 11.2. The topological polar surface area (TPSA) is 61.1 Å². The second-order valence-electron chi connectivity index (χ2n) is 2.39. The Balaban J connectivity index is 4.51. The molecule has 3 heteroatoms. The predicted octanol–water partition coefficient (Wildman–Crippen LogP) is 2.04. The van der Waals surface area contributed by atoms with Gasteiger partial charge in [0.25, 0.3) is 0 Å². The van der Waals surface area contributed by atoms with Crippen LogP contribution in [0.2, 0.25) is 0 Å². The zero-order valence-corrected chi connectivity index (χ0v) is 7.61. The van der Waals surface area contributed by atoms with Crippen LogP contribution in [0.4, 0.5) is 0 Å². The third kappa shape index (κ3) is 4.59. The van der Waals surface area contributed by atoms with Gasteiger partial charge in [0.1, 0.15) is 11.6 Å². The molecule has 0 aliphatic rings. The van der Waals surface area contributed by atoms with Crippen molar-refractivity contribution in [3.8, 4) is 6.07 Å². The Morgan fingerprint density at radius 2 is 2.15 bits per heavy atom. The number of carboxylic acids is 1. The summed E-state index contributed by atoms with van der Waals surface area (Å²) in [6.07, 6.45) is 6.44. The number of rotatable bonds is 3. The minimum atomic E-state index is -1.20. The van der Waals surface area contributed by atoms with Crippen LogP contribution in [0.3, 0.4) is 0 Å². The average molecular weight is 177 g/mol. The van der Waals surface area contributed by atoms with Crippen molar-refractivity contribution in [3.63, 3.8) is 0 Å². The van der Waals surface area contributed by atoms with E-state index in [1.54, 1.807) is 18.2 Å². The van der Waals surface area contributed by atoms with E-state index in [0.29, 0.717) is 0 Å². The standard InChI is InChI=1S/C10H11NO2/c1-3-8(2)5-4-6-9(7-11)10(12)13/h3-6H,1-2H3,(H,12,13)/b5-4+,8-3+,9-6+. The maximum absolute atomic E-state index is 10.3. The van der Waals surface area contributed by atoms with Crippen LogP contribution in [-0.2, 0) is 4.79 Å². The minimum absolute atomic E-state index is 0.264. The van der Waals surface area contributed by atoms with E-state index in [0.717, 1.165) is 5.57 Å². The van der Waals surface area contributed by atoms with Gasteiger partial charge in [-0.1, -0.05) is 23.8 Å². The molecule has 0 amide bonds. The largest absolute Gasteiger partial charge is 0.477 e. The highest BCUT2D eigenvalue weighted by atomic mass is 16.4. The lowest BCUT2D eigenvalue weighted by molar-refractivity contribution is -0.132. The summed E-state index contributed by atoms with van der Waals surface area (Å²) in [6, 6.07) is 1.58. The summed E-state index contributed by atoms with van der Waals surface area (Å²) >= 11 is 0. The van der Waals surface area contributed by atoms with Gasteiger partial charge in [0.15, 0.2) is 0 Å². The van der Waals surface area contributed by atoms with Crippen LogP contribution in [-0.4, -0.2) is 11.1 Å². The first-order valence-electron chi connectivity index (χ1n) is 3.76. The minimum Gasteiger partial charge on any atom is -0.477 e. The van der Waals surface area contributed by atoms with Gasteiger partial charge in [0.2, 0.25) is 0 Å². The van der Waals surface area contributed by atoms with Crippen LogP contribution >= 0.6 is 0 Å². The quantitative estimate of drug-likeness (QED) is 0.407. The zero-order chi connectivity index (χ0) is 10.3. The molecule has 13 heavy (non-hydrogen) atoms. The molecule has 0 aromatic heterocycles. The predicted molar refractivity (Wildman–Crippen MR) is 49.9 cm³/mol. The second-order valence-corrected chi connectivity index (χ2v) is 2.39. The number of allylic oxidation sites excluding steroid dienone is 5. The van der Waals surface area contributed by atoms with Gasteiger partial charge in [-0.25, -0.2) is 4.79 Å². The third-order valence-electron chi connectivity index (χ3n) is 1.43. The number of hydrogen-bond donors (Lipinski definition) is 1. The number of carboxylic acid groups (broad SMARTS) is 1. The van der Waals surface area contributed by atoms with E-state index in [4.69, 9.17) is 10.4 Å². The van der Waals surface area contributed by atoms with Crippen molar-refractivity contribution in [1.82, 2.24) is 0 Å². The van der Waals surface area contributed by atoms with Crippen LogP contribution in [0, 0.1) is 11.3 Å². The van der Waals surface area contributed by atoms with Gasteiger partial charge < -0.3 is 5.11 Å². The molecule has 0 aromatic carbocycles. The molecule has 0 aliphatic carbocycles. The second kappa shape index (κ2) is 5.78. The summed E-state index contributed by atoms with van der Waals surface area (Å²) in [5, 5.41) is 16.8. The number of nitriles is 1. The Morgan fingerprint density at radius 1 is 1.54 bits per heavy atom. The van der Waals surface area contributed by atoms with Crippen molar-refractivity contribution in [2.75, 3.05) is 0 Å². The lowest BCUT2D eigenvalue weighted by Crippen LogP contribution is -1.96. The lowest BCUT2D eigenvalue weighted by Gasteiger charge is -1.86. The fraction of sp³-hybridized carbons (Fsp3) is 0.200. The molecule has 1 N–H and O–H groups in total. The highest BCUT2D eigenvalue weighted by Gasteiger charge is 2.02. The maximum atomic E-state index is 10.3. The van der Waals surface area contributed by atoms with Gasteiger partial charge in [-0.05, 0) is 19.9 Å². The molecule has 68 valence electrons. The Labute approximate surface area is 77.3 Å². The van der Waals surface area contributed by atoms with Crippen molar-refractivity contribution in [2.45, 2.75) is 13.8 Å². The third-order valence-corrected chi connectivity index (χ3v) is 1.43. The Kier molecular flexibility index (Phi) is 4.97. The van der Waals surface area contributed by atoms with Crippen LogP contribution in [0.1, 0.15) is 13.8 Å². The molecule has 0 unspecified atom stereocenters. The summed E-state index contributed by atoms with van der Waals surface area (Å²) < 4.78 is 0. The monoisotopic (exact) mass is 177 g/mol. The first-order valence-corrected chi connectivity index (χ1v) is 3.76. The SMILES string of the molecule is C/C=C(C)/C=C/C=C(\C#N)C(=O)O. The zero-order valence-electron chi connectivity index (χ0n) is 7.61. The smallest absolute Gasteiger partial charge is 0.346 e. The van der Waals surface area contributed by atoms with E-state index in [9.17, 15) is 4.79 Å². The van der Waals surface area contributed by atoms with Crippen molar-refractivity contribution in [3.05, 3.63) is 35.5 Å². The Morgan fingerprint density at radius 3 is 2.54 bits per heavy atom. The Hall–Kier alpha value is -1.82. The van der Waals surface area contributed by atoms with E-state index in [-0.39, 0.29) is 5.57 Å². The van der Waals surface area contributed by atoms with Gasteiger partial charge in [0.05, 0.1) is 0 Å². The van der Waals surface area contributed by atoms with Gasteiger partial charge in [-0.3, -0.25) is 0 Å². The maximum Gasteiger partial charge on any atom is 0.346 e. The molecular formula is C10H11NO2. The van der Waals surface area contributed by atoms with E-state index in [1.165, 1.54) is 6.08 Å². The van der Waals surface area contributed by atoms with Crippen molar-refractivity contribution in [1.29, 1.82) is 5.26 Å². The van der Waals surface area contributed by atoms with E-state index in [2.05, 4.69) is 0 Å². The molecular weight excluding hydrogens is 166 g/mol. The van der Waals surface area contributed by atoms with Crippen LogP contribution in [0.5, 0.6) is 0 Å². The molecule has 0 bridgehead atoms. The van der Waals surface area contributed by atoms with Gasteiger partial charge in [-0.2, -0.15) is 5.26 Å². The van der Waals surface area contributed by atoms with E-state index < -0.39 is 5.97 Å². The van der Waals surface area contributed by atoms with Gasteiger partial charge in [-0.15, -0.1) is 0 Å². The number of nitrogens with zero attached hydrogens (tertiary/aromatic N) is 1. The molecule has 0 rings (SSSR count). The molecule has 0 spiro atoms. The summed E-state index contributed by atoms with van der Waals surface area (Å²) in [5.74, 6) is -1.20. The van der Waals surface area contributed by atoms with E-state index in [1.807, 2.05) is 19.9 Å². The fourth-order valence-corrected chi connectivity index (χ4v) is 0.549. The summed E-state index contributed by atoms with van der Waals surface area (Å²) in [5.41, 5.74) is 0.749.